The van der Waals surface area contributed by atoms with Crippen molar-refractivity contribution in [3.63, 3.8) is 0 Å². The monoisotopic (exact) mass is 325 g/mol. The Kier molecular flexibility index (Phi) is 5.04. The Morgan fingerprint density at radius 2 is 1.79 bits per heavy atom. The molecule has 24 heavy (non-hydrogen) atoms. The Balaban J connectivity index is 1.67. The van der Waals surface area contributed by atoms with Gasteiger partial charge in [0.2, 0.25) is 5.91 Å². The maximum Gasteiger partial charge on any atom is 0.224 e. The molecule has 1 saturated carbocycles. The fraction of sp³-hybridized carbons (Fsp3) is 0.350. The van der Waals surface area contributed by atoms with E-state index in [1.807, 2.05) is 48.5 Å². The van der Waals surface area contributed by atoms with E-state index in [1.54, 1.807) is 14.2 Å². The molecule has 4 nitrogen and oxygen atoms in total. The molecule has 2 aromatic carbocycles. The van der Waals surface area contributed by atoms with E-state index in [2.05, 4.69) is 5.32 Å². The van der Waals surface area contributed by atoms with Crippen molar-refractivity contribution < 1.29 is 14.3 Å². The van der Waals surface area contributed by atoms with Gasteiger partial charge >= 0.3 is 0 Å². The summed E-state index contributed by atoms with van der Waals surface area (Å²) in [5, 5.41) is 3.20. The number of ether oxygens (including phenoxy) is 2. The highest BCUT2D eigenvalue weighted by Gasteiger charge is 2.33. The number of rotatable bonds is 7. The summed E-state index contributed by atoms with van der Waals surface area (Å²) >= 11 is 0. The Labute approximate surface area is 142 Å². The van der Waals surface area contributed by atoms with E-state index in [0.717, 1.165) is 35.5 Å². The zero-order valence-electron chi connectivity index (χ0n) is 14.1. The lowest BCUT2D eigenvalue weighted by Crippen LogP contribution is -2.31. The number of hydrogen-bond acceptors (Lipinski definition) is 3. The summed E-state index contributed by atoms with van der Waals surface area (Å²) in [6.07, 6.45) is 2.68. The smallest absolute Gasteiger partial charge is 0.224 e. The molecule has 0 spiro atoms. The fourth-order valence-corrected chi connectivity index (χ4v) is 2.91. The van der Waals surface area contributed by atoms with E-state index in [4.69, 9.17) is 9.47 Å². The average molecular weight is 325 g/mol. The predicted octanol–water partition coefficient (Wildman–Crippen LogP) is 3.51. The van der Waals surface area contributed by atoms with E-state index in [1.165, 1.54) is 0 Å². The molecule has 1 unspecified atom stereocenters. The standard InChI is InChI=1S/C20H23NO3/c1-23-17-10-8-16(9-11-17)20(15-6-7-15)21-19(22)13-14-4-3-5-18(12-14)24-2/h3-5,8-12,15,20H,6-7,13H2,1-2H3,(H,21,22). The van der Waals surface area contributed by atoms with Crippen LogP contribution in [0.15, 0.2) is 48.5 Å². The van der Waals surface area contributed by atoms with Crippen molar-refractivity contribution in [1.82, 2.24) is 5.32 Å². The molecule has 0 radical (unpaired) electrons. The molecule has 1 aliphatic rings. The van der Waals surface area contributed by atoms with Gasteiger partial charge in [0, 0.05) is 0 Å². The zero-order chi connectivity index (χ0) is 16.9. The van der Waals surface area contributed by atoms with Crippen LogP contribution in [0, 0.1) is 5.92 Å². The second-order valence-corrected chi connectivity index (χ2v) is 6.18. The number of methoxy groups -OCH3 is 2. The molecule has 3 rings (SSSR count). The molecule has 1 aliphatic carbocycles. The van der Waals surface area contributed by atoms with Crippen molar-refractivity contribution >= 4 is 5.91 Å². The van der Waals surface area contributed by atoms with Crippen LogP contribution in [0.3, 0.4) is 0 Å². The number of amides is 1. The first kappa shape index (κ1) is 16.4. The Morgan fingerprint density at radius 1 is 1.08 bits per heavy atom. The lowest BCUT2D eigenvalue weighted by Gasteiger charge is -2.19. The van der Waals surface area contributed by atoms with Crippen LogP contribution in [0.2, 0.25) is 0 Å². The van der Waals surface area contributed by atoms with Crippen molar-refractivity contribution in [3.8, 4) is 11.5 Å². The quantitative estimate of drug-likeness (QED) is 0.847. The molecule has 0 aromatic heterocycles. The SMILES string of the molecule is COc1ccc(C(NC(=O)Cc2cccc(OC)c2)C2CC2)cc1. The topological polar surface area (TPSA) is 47.6 Å². The van der Waals surface area contributed by atoms with Crippen molar-refractivity contribution in [3.05, 3.63) is 59.7 Å². The van der Waals surface area contributed by atoms with Crippen molar-refractivity contribution in [2.75, 3.05) is 14.2 Å². The lowest BCUT2D eigenvalue weighted by molar-refractivity contribution is -0.121. The highest BCUT2D eigenvalue weighted by atomic mass is 16.5. The number of carbonyl (C=O) groups excluding carboxylic acids is 1. The van der Waals surface area contributed by atoms with Gasteiger partial charge in [-0.25, -0.2) is 0 Å². The summed E-state index contributed by atoms with van der Waals surface area (Å²) in [5.41, 5.74) is 2.09. The van der Waals surface area contributed by atoms with Gasteiger partial charge in [-0.2, -0.15) is 0 Å². The van der Waals surface area contributed by atoms with Crippen molar-refractivity contribution in [2.24, 2.45) is 5.92 Å². The summed E-state index contributed by atoms with van der Waals surface area (Å²) in [5.74, 6) is 2.17. The minimum Gasteiger partial charge on any atom is -0.497 e. The van der Waals surface area contributed by atoms with Crippen LogP contribution >= 0.6 is 0 Å². The second kappa shape index (κ2) is 7.39. The number of nitrogens with one attached hydrogen (secondary N) is 1. The van der Waals surface area contributed by atoms with Crippen molar-refractivity contribution in [1.29, 1.82) is 0 Å². The van der Waals surface area contributed by atoms with Gasteiger partial charge in [-0.3, -0.25) is 4.79 Å². The third-order valence-corrected chi connectivity index (χ3v) is 4.38. The van der Waals surface area contributed by atoms with Gasteiger partial charge in [-0.15, -0.1) is 0 Å². The third-order valence-electron chi connectivity index (χ3n) is 4.38. The zero-order valence-corrected chi connectivity index (χ0v) is 14.1. The van der Waals surface area contributed by atoms with Crippen LogP contribution in [0.5, 0.6) is 11.5 Å². The predicted molar refractivity (Wildman–Crippen MR) is 93.3 cm³/mol. The molecule has 0 aliphatic heterocycles. The molecular formula is C20H23NO3. The molecule has 1 amide bonds. The van der Waals surface area contributed by atoms with Crippen LogP contribution < -0.4 is 14.8 Å². The summed E-state index contributed by atoms with van der Waals surface area (Å²) in [6, 6.07) is 15.7. The highest BCUT2D eigenvalue weighted by molar-refractivity contribution is 5.79. The van der Waals surface area contributed by atoms with Crippen LogP contribution in [0.1, 0.15) is 30.0 Å². The summed E-state index contributed by atoms with van der Waals surface area (Å²) in [4.78, 5) is 12.5. The minimum absolute atomic E-state index is 0.0379. The number of carbonyl (C=O) groups is 1. The largest absolute Gasteiger partial charge is 0.497 e. The molecule has 0 bridgehead atoms. The van der Waals surface area contributed by atoms with Crippen molar-refractivity contribution in [2.45, 2.75) is 25.3 Å². The molecule has 1 N–H and O–H groups in total. The summed E-state index contributed by atoms with van der Waals surface area (Å²) in [7, 11) is 3.29. The van der Waals surface area contributed by atoms with Crippen LogP contribution in [-0.2, 0) is 11.2 Å². The highest BCUT2D eigenvalue weighted by Crippen LogP contribution is 2.41. The molecule has 0 saturated heterocycles. The van der Waals surface area contributed by atoms with E-state index < -0.39 is 0 Å². The van der Waals surface area contributed by atoms with E-state index in [9.17, 15) is 4.79 Å². The van der Waals surface area contributed by atoms with Gasteiger partial charge in [0.25, 0.3) is 0 Å². The van der Waals surface area contributed by atoms with Gasteiger partial charge in [-0.1, -0.05) is 24.3 Å². The van der Waals surface area contributed by atoms with E-state index >= 15 is 0 Å². The Bertz CT molecular complexity index is 692. The van der Waals surface area contributed by atoms with E-state index in [-0.39, 0.29) is 11.9 Å². The summed E-state index contributed by atoms with van der Waals surface area (Å²) < 4.78 is 10.4. The first-order valence-corrected chi connectivity index (χ1v) is 8.26. The van der Waals surface area contributed by atoms with E-state index in [0.29, 0.717) is 12.3 Å². The van der Waals surface area contributed by atoms with Crippen LogP contribution in [0.4, 0.5) is 0 Å². The number of hydrogen-bond donors (Lipinski definition) is 1. The van der Waals surface area contributed by atoms with Gasteiger partial charge in [-0.05, 0) is 54.2 Å². The fourth-order valence-electron chi connectivity index (χ4n) is 2.91. The lowest BCUT2D eigenvalue weighted by atomic mass is 10.0. The molecule has 2 aromatic rings. The van der Waals surface area contributed by atoms with Crippen LogP contribution in [0.25, 0.3) is 0 Å². The van der Waals surface area contributed by atoms with Gasteiger partial charge in [0.15, 0.2) is 0 Å². The molecule has 126 valence electrons. The summed E-state index contributed by atoms with van der Waals surface area (Å²) in [6.45, 7) is 0. The maximum atomic E-state index is 12.5. The first-order chi connectivity index (χ1) is 11.7. The molecular weight excluding hydrogens is 302 g/mol. The Hall–Kier alpha value is -2.49. The van der Waals surface area contributed by atoms with Gasteiger partial charge < -0.3 is 14.8 Å². The van der Waals surface area contributed by atoms with Crippen LogP contribution in [-0.4, -0.2) is 20.1 Å². The first-order valence-electron chi connectivity index (χ1n) is 8.26. The van der Waals surface area contributed by atoms with Gasteiger partial charge in [0.1, 0.15) is 11.5 Å². The number of benzene rings is 2. The average Bonchev–Trinajstić information content (AvgIpc) is 3.45. The second-order valence-electron chi connectivity index (χ2n) is 6.18. The maximum absolute atomic E-state index is 12.5. The molecule has 1 fully saturated rings. The normalized spacial score (nSPS) is 14.8. The minimum atomic E-state index is 0.0379. The molecule has 0 heterocycles. The third kappa shape index (κ3) is 4.07. The molecule has 4 heteroatoms. The Morgan fingerprint density at radius 3 is 2.42 bits per heavy atom. The molecule has 1 atom stereocenters. The van der Waals surface area contributed by atoms with Gasteiger partial charge in [0.05, 0.1) is 26.7 Å².